The number of carbonyl (C=O) groups is 1. The average Bonchev–Trinajstić information content (AvgIpc) is 3.61. The molecule has 2 saturated carbocycles. The minimum atomic E-state index is 0. The topological polar surface area (TPSA) is 81.7 Å². The quantitative estimate of drug-likeness (QED) is 0.271. The maximum absolute atomic E-state index is 12.5. The minimum Gasteiger partial charge on any atom is -0.363 e. The Morgan fingerprint density at radius 2 is 1.91 bits per heavy atom. The second-order valence-corrected chi connectivity index (χ2v) is 9.23. The standard InChI is InChI=1S/C25H36N6O.HI/c1-4-26-25(29-20-9-7-8-17(14-20)24(32)28-19-12-13-19)27-16-18-15-23(31(2)3)30-22-11-6-5-10-21(18)22;/h5-6,10-11,15,17,19-20H,4,7-9,12-14,16H2,1-3H3,(H,28,32)(H2,26,27,29);1H. The van der Waals surface area contributed by atoms with Crippen molar-refractivity contribution in [2.75, 3.05) is 25.5 Å². The molecule has 2 aromatic rings. The average molecular weight is 565 g/mol. The van der Waals surface area contributed by atoms with E-state index in [1.54, 1.807) is 0 Å². The number of aromatic nitrogens is 1. The van der Waals surface area contributed by atoms with Gasteiger partial charge in [-0.25, -0.2) is 9.98 Å². The van der Waals surface area contributed by atoms with Gasteiger partial charge in [0.25, 0.3) is 0 Å². The van der Waals surface area contributed by atoms with E-state index in [4.69, 9.17) is 9.98 Å². The van der Waals surface area contributed by atoms with Gasteiger partial charge in [-0.3, -0.25) is 4.79 Å². The summed E-state index contributed by atoms with van der Waals surface area (Å²) in [6.45, 7) is 3.44. The number of pyridine rings is 1. The fourth-order valence-corrected chi connectivity index (χ4v) is 4.38. The number of rotatable bonds is 7. The molecule has 180 valence electrons. The van der Waals surface area contributed by atoms with Gasteiger partial charge in [0.05, 0.1) is 12.1 Å². The van der Waals surface area contributed by atoms with Crippen LogP contribution in [0.2, 0.25) is 0 Å². The Balaban J connectivity index is 0.00000306. The highest BCUT2D eigenvalue weighted by Gasteiger charge is 2.31. The molecule has 1 heterocycles. The van der Waals surface area contributed by atoms with Crippen LogP contribution in [0, 0.1) is 5.92 Å². The molecule has 2 fully saturated rings. The van der Waals surface area contributed by atoms with E-state index in [9.17, 15) is 4.79 Å². The lowest BCUT2D eigenvalue weighted by Crippen LogP contribution is -2.47. The van der Waals surface area contributed by atoms with E-state index in [0.29, 0.717) is 12.6 Å². The maximum atomic E-state index is 12.5. The number of para-hydroxylation sites is 1. The van der Waals surface area contributed by atoms with E-state index >= 15 is 0 Å². The van der Waals surface area contributed by atoms with Crippen molar-refractivity contribution in [2.24, 2.45) is 10.9 Å². The third-order valence-corrected chi connectivity index (χ3v) is 6.31. The number of halogens is 1. The van der Waals surface area contributed by atoms with Gasteiger partial charge >= 0.3 is 0 Å². The molecule has 4 rings (SSSR count). The Hall–Kier alpha value is -2.10. The largest absolute Gasteiger partial charge is 0.363 e. The predicted molar refractivity (Wildman–Crippen MR) is 146 cm³/mol. The van der Waals surface area contributed by atoms with Gasteiger partial charge in [-0.15, -0.1) is 24.0 Å². The normalized spacial score (nSPS) is 20.6. The molecule has 0 aliphatic heterocycles. The number of nitrogens with zero attached hydrogens (tertiary/aromatic N) is 3. The Labute approximate surface area is 214 Å². The molecule has 7 nitrogen and oxygen atoms in total. The lowest BCUT2D eigenvalue weighted by Gasteiger charge is -2.30. The van der Waals surface area contributed by atoms with E-state index in [1.807, 2.05) is 37.2 Å². The lowest BCUT2D eigenvalue weighted by molar-refractivity contribution is -0.126. The zero-order valence-electron chi connectivity index (χ0n) is 19.9. The van der Waals surface area contributed by atoms with Crippen molar-refractivity contribution in [1.29, 1.82) is 0 Å². The summed E-state index contributed by atoms with van der Waals surface area (Å²) in [5, 5.41) is 11.3. The van der Waals surface area contributed by atoms with Gasteiger partial charge in [-0.05, 0) is 56.7 Å². The van der Waals surface area contributed by atoms with Crippen LogP contribution in [-0.2, 0) is 11.3 Å². The Morgan fingerprint density at radius 1 is 1.12 bits per heavy atom. The number of guanidine groups is 1. The molecule has 2 aliphatic carbocycles. The van der Waals surface area contributed by atoms with Gasteiger partial charge in [0, 0.05) is 44.0 Å². The third-order valence-electron chi connectivity index (χ3n) is 6.31. The summed E-state index contributed by atoms with van der Waals surface area (Å²) in [6.07, 6.45) is 6.27. The molecule has 2 atom stereocenters. The van der Waals surface area contributed by atoms with Crippen molar-refractivity contribution in [1.82, 2.24) is 20.9 Å². The Bertz CT molecular complexity index is 975. The number of nitrogens with one attached hydrogen (secondary N) is 3. The molecule has 3 N–H and O–H groups in total. The summed E-state index contributed by atoms with van der Waals surface area (Å²) in [5.74, 6) is 2.09. The fourth-order valence-electron chi connectivity index (χ4n) is 4.38. The molecule has 0 saturated heterocycles. The zero-order chi connectivity index (χ0) is 22.5. The maximum Gasteiger partial charge on any atom is 0.223 e. The van der Waals surface area contributed by atoms with Crippen molar-refractivity contribution in [3.05, 3.63) is 35.9 Å². The van der Waals surface area contributed by atoms with Crippen LogP contribution in [-0.4, -0.2) is 49.6 Å². The van der Waals surface area contributed by atoms with Crippen LogP contribution in [0.3, 0.4) is 0 Å². The molecule has 8 heteroatoms. The summed E-state index contributed by atoms with van der Waals surface area (Å²) < 4.78 is 0. The second kappa shape index (κ2) is 11.9. The summed E-state index contributed by atoms with van der Waals surface area (Å²) in [5.41, 5.74) is 2.14. The minimum absolute atomic E-state index is 0. The van der Waals surface area contributed by atoms with Crippen LogP contribution in [0.4, 0.5) is 5.82 Å². The lowest BCUT2D eigenvalue weighted by atomic mass is 9.85. The molecule has 1 aromatic carbocycles. The number of anilines is 1. The monoisotopic (exact) mass is 564 g/mol. The highest BCUT2D eigenvalue weighted by atomic mass is 127. The van der Waals surface area contributed by atoms with E-state index in [2.05, 4.69) is 35.0 Å². The number of amides is 1. The molecule has 2 unspecified atom stereocenters. The van der Waals surface area contributed by atoms with Gasteiger partial charge < -0.3 is 20.9 Å². The highest BCUT2D eigenvalue weighted by Crippen LogP contribution is 2.27. The van der Waals surface area contributed by atoms with Crippen molar-refractivity contribution in [3.63, 3.8) is 0 Å². The Kier molecular flexibility index (Phi) is 9.17. The fraction of sp³-hybridized carbons (Fsp3) is 0.560. The Morgan fingerprint density at radius 3 is 2.64 bits per heavy atom. The van der Waals surface area contributed by atoms with E-state index < -0.39 is 0 Å². The first-order valence-electron chi connectivity index (χ1n) is 11.9. The molecular weight excluding hydrogens is 527 g/mol. The number of hydrogen-bond acceptors (Lipinski definition) is 4. The van der Waals surface area contributed by atoms with Crippen molar-refractivity contribution < 1.29 is 4.79 Å². The first-order chi connectivity index (χ1) is 15.5. The van der Waals surface area contributed by atoms with E-state index in [1.165, 1.54) is 0 Å². The number of aliphatic imine (C=N–C) groups is 1. The molecule has 33 heavy (non-hydrogen) atoms. The van der Waals surface area contributed by atoms with E-state index in [0.717, 1.165) is 73.3 Å². The van der Waals surface area contributed by atoms with Crippen LogP contribution in [0.25, 0.3) is 10.9 Å². The van der Waals surface area contributed by atoms with E-state index in [-0.39, 0.29) is 41.8 Å². The molecule has 1 amide bonds. The van der Waals surface area contributed by atoms with Crippen molar-refractivity contribution in [3.8, 4) is 0 Å². The van der Waals surface area contributed by atoms with Gasteiger partial charge in [0.1, 0.15) is 5.82 Å². The van der Waals surface area contributed by atoms with Crippen LogP contribution >= 0.6 is 24.0 Å². The third kappa shape index (κ3) is 6.94. The van der Waals surface area contributed by atoms with Crippen LogP contribution < -0.4 is 20.9 Å². The first kappa shape index (κ1) is 25.5. The molecule has 2 aliphatic rings. The molecule has 0 radical (unpaired) electrons. The summed E-state index contributed by atoms with van der Waals surface area (Å²) in [4.78, 5) is 24.2. The van der Waals surface area contributed by atoms with Crippen LogP contribution in [0.5, 0.6) is 0 Å². The summed E-state index contributed by atoms with van der Waals surface area (Å²) in [7, 11) is 4.02. The van der Waals surface area contributed by atoms with Gasteiger partial charge in [-0.2, -0.15) is 0 Å². The molecular formula is C25H37IN6O. The van der Waals surface area contributed by atoms with Crippen LogP contribution in [0.1, 0.15) is 51.0 Å². The van der Waals surface area contributed by atoms with Crippen LogP contribution in [0.15, 0.2) is 35.3 Å². The van der Waals surface area contributed by atoms with Gasteiger partial charge in [0.15, 0.2) is 5.96 Å². The highest BCUT2D eigenvalue weighted by molar-refractivity contribution is 14.0. The van der Waals surface area contributed by atoms with Gasteiger partial charge in [0.2, 0.25) is 5.91 Å². The number of carbonyl (C=O) groups excluding carboxylic acids is 1. The first-order valence-corrected chi connectivity index (χ1v) is 11.9. The summed E-state index contributed by atoms with van der Waals surface area (Å²) in [6, 6.07) is 11.0. The number of hydrogen-bond donors (Lipinski definition) is 3. The molecule has 1 aromatic heterocycles. The zero-order valence-corrected chi connectivity index (χ0v) is 22.3. The predicted octanol–water partition coefficient (Wildman–Crippen LogP) is 3.81. The number of fused-ring (bicyclic) bond motifs is 1. The molecule has 0 bridgehead atoms. The number of benzene rings is 1. The van der Waals surface area contributed by atoms with Gasteiger partial charge in [-0.1, -0.05) is 24.6 Å². The summed E-state index contributed by atoms with van der Waals surface area (Å²) >= 11 is 0. The SMILES string of the molecule is CCNC(=NCc1cc(N(C)C)nc2ccccc12)NC1CCCC(C(=O)NC2CC2)C1.I. The molecule has 0 spiro atoms. The second-order valence-electron chi connectivity index (χ2n) is 9.23. The van der Waals surface area contributed by atoms with Crippen molar-refractivity contribution >= 4 is 52.6 Å². The van der Waals surface area contributed by atoms with Crippen molar-refractivity contribution in [2.45, 2.75) is 64.1 Å². The smallest absolute Gasteiger partial charge is 0.223 e.